The highest BCUT2D eigenvalue weighted by Gasteiger charge is 2.27. The van der Waals surface area contributed by atoms with Crippen molar-refractivity contribution in [3.8, 4) is 0 Å². The van der Waals surface area contributed by atoms with Gasteiger partial charge in [0, 0.05) is 12.6 Å². The molecule has 0 radical (unpaired) electrons. The van der Waals surface area contributed by atoms with Gasteiger partial charge in [0.1, 0.15) is 6.04 Å². The van der Waals surface area contributed by atoms with Gasteiger partial charge < -0.3 is 5.32 Å². The number of hydrogen-bond acceptors (Lipinski definition) is 3. The first-order valence-electron chi connectivity index (χ1n) is 8.97. The topological polar surface area (TPSA) is 70.2 Å². The predicted molar refractivity (Wildman–Crippen MR) is 104 cm³/mol. The average molecular weight is 353 g/mol. The summed E-state index contributed by atoms with van der Waals surface area (Å²) >= 11 is 0. The second kappa shape index (κ2) is 9.73. The van der Waals surface area contributed by atoms with Gasteiger partial charge in [-0.2, -0.15) is 0 Å². The molecule has 0 unspecified atom stereocenters. The van der Waals surface area contributed by atoms with Crippen LogP contribution in [0, 0.1) is 5.92 Å². The van der Waals surface area contributed by atoms with Crippen molar-refractivity contribution in [1.82, 2.24) is 16.0 Å². The minimum Gasteiger partial charge on any atom is -0.338 e. The van der Waals surface area contributed by atoms with Crippen LogP contribution in [0.3, 0.4) is 0 Å². The number of carbonyl (C=O) groups is 2. The summed E-state index contributed by atoms with van der Waals surface area (Å²) in [4.78, 5) is 24.6. The van der Waals surface area contributed by atoms with E-state index < -0.39 is 12.1 Å². The Morgan fingerprint density at radius 3 is 1.92 bits per heavy atom. The Bertz CT molecular complexity index is 702. The van der Waals surface area contributed by atoms with Crippen LogP contribution < -0.4 is 16.0 Å². The molecular formula is C21H27N3O2. The standard InChI is InChI=1S/C21H27N3O2/c1-4-22-21(26)24-20(25)19(17-13-9-6-10-14-17)23-18(15(2)3)16-11-7-5-8-12-16/h5-15,18-19,23H,4H2,1-3H3,(H2,22,24,25,26)/t18-,19+/m1/s1. The van der Waals surface area contributed by atoms with E-state index in [2.05, 4.69) is 29.8 Å². The molecule has 5 heteroatoms. The molecule has 0 aliphatic heterocycles. The highest BCUT2D eigenvalue weighted by Crippen LogP contribution is 2.26. The Kier molecular flexibility index (Phi) is 7.36. The van der Waals surface area contributed by atoms with Gasteiger partial charge in [-0.3, -0.25) is 15.4 Å². The quantitative estimate of drug-likeness (QED) is 0.713. The maximum atomic E-state index is 12.8. The van der Waals surface area contributed by atoms with Crippen molar-refractivity contribution < 1.29 is 9.59 Å². The lowest BCUT2D eigenvalue weighted by Gasteiger charge is -2.28. The summed E-state index contributed by atoms with van der Waals surface area (Å²) in [6.45, 7) is 6.48. The van der Waals surface area contributed by atoms with Crippen LogP contribution in [-0.2, 0) is 4.79 Å². The van der Waals surface area contributed by atoms with Crippen molar-refractivity contribution in [2.75, 3.05) is 6.54 Å². The molecule has 0 aromatic heterocycles. The van der Waals surface area contributed by atoms with E-state index in [4.69, 9.17) is 0 Å². The molecule has 0 saturated carbocycles. The fourth-order valence-electron chi connectivity index (χ4n) is 2.87. The smallest absolute Gasteiger partial charge is 0.321 e. The van der Waals surface area contributed by atoms with E-state index in [0.29, 0.717) is 6.54 Å². The van der Waals surface area contributed by atoms with Crippen molar-refractivity contribution in [2.24, 2.45) is 5.92 Å². The largest absolute Gasteiger partial charge is 0.338 e. The molecule has 0 spiro atoms. The fourth-order valence-corrected chi connectivity index (χ4v) is 2.87. The lowest BCUT2D eigenvalue weighted by atomic mass is 9.94. The van der Waals surface area contributed by atoms with Gasteiger partial charge in [0.15, 0.2) is 0 Å². The maximum absolute atomic E-state index is 12.8. The lowest BCUT2D eigenvalue weighted by Crippen LogP contribution is -2.46. The van der Waals surface area contributed by atoms with E-state index >= 15 is 0 Å². The summed E-state index contributed by atoms with van der Waals surface area (Å²) in [6, 6.07) is 18.3. The second-order valence-electron chi connectivity index (χ2n) is 6.49. The monoisotopic (exact) mass is 353 g/mol. The van der Waals surface area contributed by atoms with Gasteiger partial charge in [-0.15, -0.1) is 0 Å². The molecule has 0 saturated heterocycles. The minimum atomic E-state index is -0.633. The van der Waals surface area contributed by atoms with Gasteiger partial charge in [0.2, 0.25) is 5.91 Å². The number of carbonyl (C=O) groups excluding carboxylic acids is 2. The molecule has 0 bridgehead atoms. The number of amides is 3. The third kappa shape index (κ3) is 5.43. The number of nitrogens with one attached hydrogen (secondary N) is 3. The van der Waals surface area contributed by atoms with Gasteiger partial charge in [0.05, 0.1) is 0 Å². The van der Waals surface area contributed by atoms with Gasteiger partial charge in [-0.25, -0.2) is 4.79 Å². The van der Waals surface area contributed by atoms with E-state index in [1.54, 1.807) is 6.92 Å². The summed E-state index contributed by atoms with van der Waals surface area (Å²) in [5.41, 5.74) is 1.92. The summed E-state index contributed by atoms with van der Waals surface area (Å²) < 4.78 is 0. The fraction of sp³-hybridized carbons (Fsp3) is 0.333. The first-order chi connectivity index (χ1) is 12.5. The van der Waals surface area contributed by atoms with Crippen molar-refractivity contribution in [2.45, 2.75) is 32.9 Å². The SMILES string of the molecule is CCNC(=O)NC(=O)[C@@H](N[C@@H](c1ccccc1)C(C)C)c1ccccc1. The highest BCUT2D eigenvalue weighted by molar-refractivity contribution is 5.97. The normalized spacial score (nSPS) is 13.1. The molecule has 3 amide bonds. The van der Waals surface area contributed by atoms with Crippen molar-refractivity contribution in [3.63, 3.8) is 0 Å². The molecule has 26 heavy (non-hydrogen) atoms. The van der Waals surface area contributed by atoms with Gasteiger partial charge in [0.25, 0.3) is 0 Å². The number of rotatable bonds is 7. The van der Waals surface area contributed by atoms with Crippen LogP contribution in [0.5, 0.6) is 0 Å². The van der Waals surface area contributed by atoms with E-state index in [1.165, 1.54) is 0 Å². The molecule has 2 rings (SSSR count). The Morgan fingerprint density at radius 2 is 1.42 bits per heavy atom. The van der Waals surface area contributed by atoms with Crippen molar-refractivity contribution >= 4 is 11.9 Å². The molecule has 138 valence electrons. The van der Waals surface area contributed by atoms with Crippen LogP contribution in [0.25, 0.3) is 0 Å². The molecular weight excluding hydrogens is 326 g/mol. The first kappa shape index (κ1) is 19.7. The molecule has 2 atom stereocenters. The first-order valence-corrected chi connectivity index (χ1v) is 8.97. The van der Waals surface area contributed by atoms with E-state index in [0.717, 1.165) is 11.1 Å². The zero-order chi connectivity index (χ0) is 18.9. The Labute approximate surface area is 155 Å². The summed E-state index contributed by atoms with van der Waals surface area (Å²) in [7, 11) is 0. The molecule has 5 nitrogen and oxygen atoms in total. The number of hydrogen-bond donors (Lipinski definition) is 3. The zero-order valence-corrected chi connectivity index (χ0v) is 15.5. The molecule has 2 aromatic rings. The Morgan fingerprint density at radius 1 is 0.885 bits per heavy atom. The Hall–Kier alpha value is -2.66. The van der Waals surface area contributed by atoms with Gasteiger partial charge in [-0.05, 0) is 24.0 Å². The molecule has 3 N–H and O–H groups in total. The van der Waals surface area contributed by atoms with Gasteiger partial charge >= 0.3 is 6.03 Å². The average Bonchev–Trinajstić information content (AvgIpc) is 2.63. The van der Waals surface area contributed by atoms with Gasteiger partial charge in [-0.1, -0.05) is 74.5 Å². The number of imide groups is 1. The van der Waals surface area contributed by atoms with Crippen LogP contribution in [0.15, 0.2) is 60.7 Å². The predicted octanol–water partition coefficient (Wildman–Crippen LogP) is 3.56. The third-order valence-electron chi connectivity index (χ3n) is 4.14. The molecule has 0 heterocycles. The van der Waals surface area contributed by atoms with Crippen LogP contribution in [0.2, 0.25) is 0 Å². The van der Waals surface area contributed by atoms with Crippen LogP contribution >= 0.6 is 0 Å². The van der Waals surface area contributed by atoms with Crippen molar-refractivity contribution in [3.05, 3.63) is 71.8 Å². The summed E-state index contributed by atoms with van der Waals surface area (Å²) in [6.07, 6.45) is 0. The van der Waals surface area contributed by atoms with Crippen LogP contribution in [0.4, 0.5) is 4.79 Å². The van der Waals surface area contributed by atoms with Crippen LogP contribution in [-0.4, -0.2) is 18.5 Å². The molecule has 0 aliphatic rings. The van der Waals surface area contributed by atoms with Crippen molar-refractivity contribution in [1.29, 1.82) is 0 Å². The zero-order valence-electron chi connectivity index (χ0n) is 15.5. The van der Waals surface area contributed by atoms with Crippen LogP contribution in [0.1, 0.15) is 44.0 Å². The second-order valence-corrected chi connectivity index (χ2v) is 6.49. The molecule has 0 aliphatic carbocycles. The molecule has 2 aromatic carbocycles. The van der Waals surface area contributed by atoms with E-state index in [9.17, 15) is 9.59 Å². The van der Waals surface area contributed by atoms with E-state index in [-0.39, 0.29) is 17.9 Å². The summed E-state index contributed by atoms with van der Waals surface area (Å²) in [5.74, 6) is -0.107. The van der Waals surface area contributed by atoms with E-state index in [1.807, 2.05) is 60.7 Å². The lowest BCUT2D eigenvalue weighted by molar-refractivity contribution is -0.122. The third-order valence-corrected chi connectivity index (χ3v) is 4.14. The number of urea groups is 1. The number of benzene rings is 2. The highest BCUT2D eigenvalue weighted by atomic mass is 16.2. The summed E-state index contributed by atoms with van der Waals surface area (Å²) in [5, 5.41) is 8.46. The molecule has 0 fully saturated rings. The maximum Gasteiger partial charge on any atom is 0.321 e. The Balaban J connectivity index is 2.28. The minimum absolute atomic E-state index is 0.0265.